The van der Waals surface area contributed by atoms with Gasteiger partial charge in [0.15, 0.2) is 0 Å². The second-order valence-electron chi connectivity index (χ2n) is 9.32. The van der Waals surface area contributed by atoms with E-state index < -0.39 is 11.9 Å². The number of carbonyl (C=O) groups is 3. The van der Waals surface area contributed by atoms with Gasteiger partial charge in [-0.2, -0.15) is 0 Å². The second kappa shape index (κ2) is 7.28. The topological polar surface area (TPSA) is 97.2 Å². The Morgan fingerprint density at radius 2 is 2.00 bits per heavy atom. The Bertz CT molecular complexity index is 1080. The number of amides is 3. The molecule has 0 bridgehead atoms. The lowest BCUT2D eigenvalue weighted by Gasteiger charge is -2.39. The fourth-order valence-corrected chi connectivity index (χ4v) is 5.21. The zero-order chi connectivity index (χ0) is 21.8. The highest BCUT2D eigenvalue weighted by molar-refractivity contribution is 6.05. The average Bonchev–Trinajstić information content (AvgIpc) is 3.36. The fraction of sp³-hybridized carbons (Fsp3) is 0.522. The molecule has 0 spiro atoms. The molecular weight excluding hydrogens is 394 g/mol. The van der Waals surface area contributed by atoms with Crippen LogP contribution in [0.1, 0.15) is 68.3 Å². The fourth-order valence-electron chi connectivity index (χ4n) is 5.21. The van der Waals surface area contributed by atoms with E-state index in [0.717, 1.165) is 23.2 Å². The van der Waals surface area contributed by atoms with Crippen LogP contribution < -0.4 is 5.32 Å². The monoisotopic (exact) mass is 421 g/mol. The van der Waals surface area contributed by atoms with Crippen molar-refractivity contribution in [1.29, 1.82) is 0 Å². The number of fused-ring (bicyclic) bond motifs is 1. The summed E-state index contributed by atoms with van der Waals surface area (Å²) in [6.45, 7) is 4.90. The zero-order valence-corrected chi connectivity index (χ0v) is 17.9. The second-order valence-corrected chi connectivity index (χ2v) is 9.32. The summed E-state index contributed by atoms with van der Waals surface area (Å²) >= 11 is 0. The lowest BCUT2D eigenvalue weighted by atomic mass is 9.75. The third-order valence-electron chi connectivity index (χ3n) is 7.47. The molecule has 2 aromatic rings. The maximum atomic E-state index is 12.9. The van der Waals surface area contributed by atoms with Crippen molar-refractivity contribution in [3.63, 3.8) is 0 Å². The predicted octanol–water partition coefficient (Wildman–Crippen LogP) is 2.63. The molecule has 1 aliphatic carbocycles. The van der Waals surface area contributed by atoms with Gasteiger partial charge in [-0.15, -0.1) is 5.10 Å². The highest BCUT2D eigenvalue weighted by Gasteiger charge is 2.39. The van der Waals surface area contributed by atoms with Crippen LogP contribution in [0.4, 0.5) is 0 Å². The predicted molar refractivity (Wildman–Crippen MR) is 113 cm³/mol. The average molecular weight is 422 g/mol. The van der Waals surface area contributed by atoms with Gasteiger partial charge in [-0.3, -0.25) is 19.7 Å². The molecule has 3 heterocycles. The van der Waals surface area contributed by atoms with E-state index in [1.54, 1.807) is 4.90 Å². The van der Waals surface area contributed by atoms with Crippen LogP contribution in [0, 0.1) is 5.92 Å². The van der Waals surface area contributed by atoms with Gasteiger partial charge in [0.25, 0.3) is 5.91 Å². The molecule has 1 N–H and O–H groups in total. The highest BCUT2D eigenvalue weighted by Crippen LogP contribution is 2.39. The first-order chi connectivity index (χ1) is 14.9. The Hall–Kier alpha value is -3.03. The number of nitrogens with one attached hydrogen (secondary N) is 1. The minimum absolute atomic E-state index is 0.0290. The van der Waals surface area contributed by atoms with Crippen LogP contribution in [0.2, 0.25) is 0 Å². The van der Waals surface area contributed by atoms with Crippen molar-refractivity contribution in [2.24, 2.45) is 5.92 Å². The van der Waals surface area contributed by atoms with Crippen molar-refractivity contribution in [3.05, 3.63) is 35.5 Å². The van der Waals surface area contributed by atoms with E-state index in [1.807, 2.05) is 29.1 Å². The standard InChI is InChI=1S/C23H27N5O3/c1-14-5-3-4-10-23(14,2)28-13-18(25-26-28)15-6-7-17-16(11-15)12-27(22(17)31)19-8-9-20(29)24-21(19)30/h6-7,11,13-14,19H,3-5,8-10,12H2,1-2H3,(H,24,29,30). The van der Waals surface area contributed by atoms with Crippen LogP contribution in [-0.4, -0.2) is 43.7 Å². The lowest BCUT2D eigenvalue weighted by molar-refractivity contribution is -0.136. The maximum Gasteiger partial charge on any atom is 0.255 e. The Morgan fingerprint density at radius 1 is 1.16 bits per heavy atom. The Kier molecular flexibility index (Phi) is 4.68. The van der Waals surface area contributed by atoms with Crippen molar-refractivity contribution in [3.8, 4) is 11.3 Å². The number of imide groups is 1. The molecule has 8 heteroatoms. The van der Waals surface area contributed by atoms with Crippen LogP contribution in [0.25, 0.3) is 11.3 Å². The number of hydrogen-bond donors (Lipinski definition) is 1. The summed E-state index contributed by atoms with van der Waals surface area (Å²) in [5, 5.41) is 11.2. The van der Waals surface area contributed by atoms with Crippen LogP contribution in [0.5, 0.6) is 0 Å². The van der Waals surface area contributed by atoms with E-state index in [-0.39, 0.29) is 23.8 Å². The molecular formula is C23H27N5O3. The van der Waals surface area contributed by atoms with Gasteiger partial charge in [0, 0.05) is 24.1 Å². The molecule has 3 unspecified atom stereocenters. The molecule has 5 rings (SSSR count). The molecule has 1 aromatic heterocycles. The van der Waals surface area contributed by atoms with Crippen molar-refractivity contribution in [2.45, 2.75) is 70.5 Å². The molecule has 1 saturated heterocycles. The normalized spacial score (nSPS) is 28.6. The van der Waals surface area contributed by atoms with Crippen molar-refractivity contribution < 1.29 is 14.4 Å². The molecule has 0 radical (unpaired) electrons. The number of carbonyl (C=O) groups excluding carboxylic acids is 3. The summed E-state index contributed by atoms with van der Waals surface area (Å²) in [5.74, 6) is -0.300. The van der Waals surface area contributed by atoms with E-state index in [0.29, 0.717) is 24.4 Å². The number of aromatic nitrogens is 3. The van der Waals surface area contributed by atoms with Crippen LogP contribution in [-0.2, 0) is 21.7 Å². The molecule has 3 aliphatic rings. The molecule has 8 nitrogen and oxygen atoms in total. The molecule has 31 heavy (non-hydrogen) atoms. The maximum absolute atomic E-state index is 12.9. The molecule has 2 aliphatic heterocycles. The molecule has 162 valence electrons. The van der Waals surface area contributed by atoms with E-state index in [4.69, 9.17) is 0 Å². The number of hydrogen-bond acceptors (Lipinski definition) is 5. The third kappa shape index (κ3) is 3.25. The van der Waals surface area contributed by atoms with Gasteiger partial charge in [-0.05, 0) is 49.8 Å². The van der Waals surface area contributed by atoms with Gasteiger partial charge in [-0.25, -0.2) is 4.68 Å². The van der Waals surface area contributed by atoms with Crippen molar-refractivity contribution >= 4 is 17.7 Å². The number of piperidine rings is 1. The molecule has 1 aromatic carbocycles. The number of benzene rings is 1. The van der Waals surface area contributed by atoms with Gasteiger partial charge in [0.1, 0.15) is 11.7 Å². The molecule has 2 fully saturated rings. The summed E-state index contributed by atoms with van der Waals surface area (Å²) in [6.07, 6.45) is 7.39. The summed E-state index contributed by atoms with van der Waals surface area (Å²) in [5.41, 5.74) is 3.15. The summed E-state index contributed by atoms with van der Waals surface area (Å²) in [6, 6.07) is 5.07. The smallest absolute Gasteiger partial charge is 0.255 e. The van der Waals surface area contributed by atoms with Crippen molar-refractivity contribution in [1.82, 2.24) is 25.2 Å². The number of rotatable bonds is 3. The summed E-state index contributed by atoms with van der Waals surface area (Å²) in [7, 11) is 0. The van der Waals surface area contributed by atoms with E-state index in [2.05, 4.69) is 29.5 Å². The molecule has 1 saturated carbocycles. The quantitative estimate of drug-likeness (QED) is 0.769. The Labute approximate surface area is 181 Å². The van der Waals surface area contributed by atoms with Gasteiger partial charge in [0.05, 0.1) is 11.7 Å². The van der Waals surface area contributed by atoms with Gasteiger partial charge in [0.2, 0.25) is 11.8 Å². The minimum atomic E-state index is -0.602. The van der Waals surface area contributed by atoms with Crippen LogP contribution >= 0.6 is 0 Å². The largest absolute Gasteiger partial charge is 0.322 e. The Morgan fingerprint density at radius 3 is 2.77 bits per heavy atom. The van der Waals surface area contributed by atoms with E-state index in [9.17, 15) is 14.4 Å². The summed E-state index contributed by atoms with van der Waals surface area (Å²) in [4.78, 5) is 38.1. The third-order valence-corrected chi connectivity index (χ3v) is 7.47. The van der Waals surface area contributed by atoms with Crippen LogP contribution in [0.15, 0.2) is 24.4 Å². The first-order valence-corrected chi connectivity index (χ1v) is 11.1. The van der Waals surface area contributed by atoms with E-state index in [1.165, 1.54) is 19.3 Å². The zero-order valence-electron chi connectivity index (χ0n) is 17.9. The SMILES string of the molecule is CC1CCCCC1(C)n1cc(-c2ccc3c(c2)CN(C2CCC(=O)NC2=O)C3=O)nn1. The lowest BCUT2D eigenvalue weighted by Crippen LogP contribution is -2.52. The molecule has 3 amide bonds. The number of nitrogens with zero attached hydrogens (tertiary/aromatic N) is 4. The minimum Gasteiger partial charge on any atom is -0.322 e. The van der Waals surface area contributed by atoms with Gasteiger partial charge < -0.3 is 4.90 Å². The molecule has 3 atom stereocenters. The van der Waals surface area contributed by atoms with Gasteiger partial charge >= 0.3 is 0 Å². The van der Waals surface area contributed by atoms with Crippen LogP contribution in [0.3, 0.4) is 0 Å². The van der Waals surface area contributed by atoms with Crippen molar-refractivity contribution in [2.75, 3.05) is 0 Å². The van der Waals surface area contributed by atoms with Gasteiger partial charge in [-0.1, -0.05) is 31.0 Å². The first-order valence-electron chi connectivity index (χ1n) is 11.1. The first kappa shape index (κ1) is 19.9. The van der Waals surface area contributed by atoms with E-state index >= 15 is 0 Å². The highest BCUT2D eigenvalue weighted by atomic mass is 16.2. The summed E-state index contributed by atoms with van der Waals surface area (Å²) < 4.78 is 2.01. The Balaban J connectivity index is 1.39.